The maximum absolute atomic E-state index is 6.54. The molecular formula is C19H22ClNO2. The lowest BCUT2D eigenvalue weighted by atomic mass is 9.74. The number of hydrogen-bond acceptors (Lipinski definition) is 3. The maximum Gasteiger partial charge on any atom is 0.143 e. The summed E-state index contributed by atoms with van der Waals surface area (Å²) in [5.41, 5.74) is 2.36. The van der Waals surface area contributed by atoms with Crippen molar-refractivity contribution in [2.45, 2.75) is 17.9 Å². The van der Waals surface area contributed by atoms with Crippen LogP contribution in [0.1, 0.15) is 23.5 Å². The van der Waals surface area contributed by atoms with Gasteiger partial charge in [0.1, 0.15) is 17.1 Å². The van der Waals surface area contributed by atoms with E-state index in [2.05, 4.69) is 48.3 Å². The number of halogens is 1. The van der Waals surface area contributed by atoms with Crippen LogP contribution in [0.4, 0.5) is 0 Å². The molecule has 0 radical (unpaired) electrons. The average Bonchev–Trinajstić information content (AvgIpc) is 2.90. The molecule has 0 N–H and O–H groups in total. The van der Waals surface area contributed by atoms with Crippen molar-refractivity contribution in [3.8, 4) is 11.5 Å². The number of ether oxygens (including phenoxy) is 2. The highest BCUT2D eigenvalue weighted by Gasteiger charge is 2.51. The van der Waals surface area contributed by atoms with Crippen LogP contribution in [0, 0.1) is 0 Å². The minimum Gasteiger partial charge on any atom is -0.497 e. The van der Waals surface area contributed by atoms with E-state index < -0.39 is 0 Å². The Balaban J connectivity index is 0.00000156. The first-order valence-corrected chi connectivity index (χ1v) is 7.84. The van der Waals surface area contributed by atoms with Crippen molar-refractivity contribution in [1.29, 1.82) is 0 Å². The molecular weight excluding hydrogens is 310 g/mol. The van der Waals surface area contributed by atoms with Gasteiger partial charge in [0, 0.05) is 31.0 Å². The molecule has 3 nitrogen and oxygen atoms in total. The second-order valence-electron chi connectivity index (χ2n) is 6.32. The van der Waals surface area contributed by atoms with Crippen molar-refractivity contribution in [2.75, 3.05) is 27.2 Å². The SMILES string of the molecule is COc1ccc(C23CCN(C)CC2c2ccccc2O3)cc1.Cl. The van der Waals surface area contributed by atoms with Gasteiger partial charge in [-0.1, -0.05) is 30.3 Å². The number of likely N-dealkylation sites (N-methyl/N-ethyl adjacent to an activating group) is 1. The molecule has 0 bridgehead atoms. The molecule has 1 fully saturated rings. The van der Waals surface area contributed by atoms with Crippen LogP contribution >= 0.6 is 12.4 Å². The molecule has 2 aromatic rings. The van der Waals surface area contributed by atoms with Crippen molar-refractivity contribution in [3.05, 3.63) is 59.7 Å². The Morgan fingerprint density at radius 3 is 2.61 bits per heavy atom. The molecule has 0 aliphatic carbocycles. The molecule has 1 saturated heterocycles. The number of benzene rings is 2. The van der Waals surface area contributed by atoms with Gasteiger partial charge in [-0.25, -0.2) is 0 Å². The van der Waals surface area contributed by atoms with Crippen LogP contribution in [0.2, 0.25) is 0 Å². The number of rotatable bonds is 2. The van der Waals surface area contributed by atoms with Crippen LogP contribution in [0.3, 0.4) is 0 Å². The van der Waals surface area contributed by atoms with E-state index in [0.29, 0.717) is 5.92 Å². The van der Waals surface area contributed by atoms with Gasteiger partial charge in [-0.15, -0.1) is 12.4 Å². The molecule has 2 atom stereocenters. The quantitative estimate of drug-likeness (QED) is 0.835. The fraction of sp³-hybridized carbons (Fsp3) is 0.368. The second kappa shape index (κ2) is 6.06. The number of fused-ring (bicyclic) bond motifs is 3. The zero-order valence-corrected chi connectivity index (χ0v) is 14.3. The van der Waals surface area contributed by atoms with Crippen molar-refractivity contribution in [2.24, 2.45) is 0 Å². The van der Waals surface area contributed by atoms with E-state index in [0.717, 1.165) is 31.0 Å². The van der Waals surface area contributed by atoms with Gasteiger partial charge in [0.2, 0.25) is 0 Å². The predicted octanol–water partition coefficient (Wildman–Crippen LogP) is 3.82. The lowest BCUT2D eigenvalue weighted by molar-refractivity contribution is 0.00700. The van der Waals surface area contributed by atoms with Gasteiger partial charge in [-0.2, -0.15) is 0 Å². The van der Waals surface area contributed by atoms with Gasteiger partial charge in [0.05, 0.1) is 7.11 Å². The standard InChI is InChI=1S/C19H21NO2.ClH/c1-20-12-11-19(14-7-9-15(21-2)10-8-14)17(13-20)16-5-3-4-6-18(16)22-19;/h3-10,17H,11-13H2,1-2H3;1H. The molecule has 0 aromatic heterocycles. The highest BCUT2D eigenvalue weighted by Crippen LogP contribution is 2.54. The number of hydrogen-bond donors (Lipinski definition) is 0. The first-order chi connectivity index (χ1) is 10.7. The summed E-state index contributed by atoms with van der Waals surface area (Å²) in [7, 11) is 3.90. The molecule has 2 aliphatic rings. The van der Waals surface area contributed by atoms with E-state index in [9.17, 15) is 0 Å². The lowest BCUT2D eigenvalue weighted by Crippen LogP contribution is -2.47. The smallest absolute Gasteiger partial charge is 0.143 e. The molecule has 23 heavy (non-hydrogen) atoms. The van der Waals surface area contributed by atoms with Crippen LogP contribution in [0.5, 0.6) is 11.5 Å². The zero-order valence-electron chi connectivity index (χ0n) is 13.5. The Kier molecular flexibility index (Phi) is 4.26. The topological polar surface area (TPSA) is 21.7 Å². The maximum atomic E-state index is 6.54. The number of piperidine rings is 1. The van der Waals surface area contributed by atoms with E-state index in [-0.39, 0.29) is 18.0 Å². The number of methoxy groups -OCH3 is 1. The lowest BCUT2D eigenvalue weighted by Gasteiger charge is -2.42. The molecule has 2 aromatic carbocycles. The molecule has 0 spiro atoms. The normalized spacial score (nSPS) is 25.7. The summed E-state index contributed by atoms with van der Waals surface area (Å²) in [6.07, 6.45) is 1.01. The summed E-state index contributed by atoms with van der Waals surface area (Å²) in [5, 5.41) is 0. The summed E-state index contributed by atoms with van der Waals surface area (Å²) < 4.78 is 11.8. The minimum absolute atomic E-state index is 0. The van der Waals surface area contributed by atoms with Gasteiger partial charge in [-0.05, 0) is 30.8 Å². The van der Waals surface area contributed by atoms with E-state index in [1.54, 1.807) is 7.11 Å². The Labute approximate surface area is 143 Å². The van der Waals surface area contributed by atoms with Crippen molar-refractivity contribution >= 4 is 12.4 Å². The van der Waals surface area contributed by atoms with E-state index in [4.69, 9.17) is 9.47 Å². The van der Waals surface area contributed by atoms with Crippen LogP contribution in [-0.4, -0.2) is 32.1 Å². The molecule has 2 heterocycles. The highest BCUT2D eigenvalue weighted by molar-refractivity contribution is 5.85. The Bertz CT molecular complexity index is 688. The van der Waals surface area contributed by atoms with Crippen LogP contribution in [0.15, 0.2) is 48.5 Å². The van der Waals surface area contributed by atoms with Gasteiger partial charge in [0.15, 0.2) is 0 Å². The summed E-state index contributed by atoms with van der Waals surface area (Å²) in [6, 6.07) is 16.9. The Hall–Kier alpha value is -1.71. The first-order valence-electron chi connectivity index (χ1n) is 7.84. The molecule has 4 rings (SSSR count). The molecule has 0 saturated carbocycles. The van der Waals surface area contributed by atoms with Gasteiger partial charge in [0.25, 0.3) is 0 Å². The summed E-state index contributed by atoms with van der Waals surface area (Å²) >= 11 is 0. The fourth-order valence-corrected chi connectivity index (χ4v) is 3.89. The van der Waals surface area contributed by atoms with Crippen LogP contribution in [-0.2, 0) is 5.60 Å². The monoisotopic (exact) mass is 331 g/mol. The number of nitrogens with zero attached hydrogens (tertiary/aromatic N) is 1. The van der Waals surface area contributed by atoms with Crippen molar-refractivity contribution in [3.63, 3.8) is 0 Å². The molecule has 122 valence electrons. The first kappa shape index (κ1) is 16.2. The third-order valence-electron chi connectivity index (χ3n) is 5.09. The van der Waals surface area contributed by atoms with E-state index in [1.807, 2.05) is 12.1 Å². The van der Waals surface area contributed by atoms with E-state index >= 15 is 0 Å². The van der Waals surface area contributed by atoms with Crippen molar-refractivity contribution in [1.82, 2.24) is 4.90 Å². The largest absolute Gasteiger partial charge is 0.497 e. The summed E-state index contributed by atoms with van der Waals surface area (Å²) in [5.74, 6) is 2.31. The number of likely N-dealkylation sites (tertiary alicyclic amines) is 1. The van der Waals surface area contributed by atoms with Crippen molar-refractivity contribution < 1.29 is 9.47 Å². The average molecular weight is 332 g/mol. The third kappa shape index (κ3) is 2.48. The van der Waals surface area contributed by atoms with Gasteiger partial charge < -0.3 is 14.4 Å². The second-order valence-corrected chi connectivity index (χ2v) is 6.32. The summed E-state index contributed by atoms with van der Waals surface area (Å²) in [4.78, 5) is 2.40. The Morgan fingerprint density at radius 2 is 1.87 bits per heavy atom. The molecule has 0 amide bonds. The van der Waals surface area contributed by atoms with Gasteiger partial charge >= 0.3 is 0 Å². The predicted molar refractivity (Wildman–Crippen MR) is 93.8 cm³/mol. The minimum atomic E-state index is -0.234. The fourth-order valence-electron chi connectivity index (χ4n) is 3.89. The van der Waals surface area contributed by atoms with Crippen LogP contribution < -0.4 is 9.47 Å². The zero-order chi connectivity index (χ0) is 15.2. The van der Waals surface area contributed by atoms with E-state index in [1.165, 1.54) is 11.1 Å². The summed E-state index contributed by atoms with van der Waals surface area (Å²) in [6.45, 7) is 2.08. The molecule has 2 unspecified atom stereocenters. The van der Waals surface area contributed by atoms with Crippen LogP contribution in [0.25, 0.3) is 0 Å². The third-order valence-corrected chi connectivity index (χ3v) is 5.09. The highest BCUT2D eigenvalue weighted by atomic mass is 35.5. The Morgan fingerprint density at radius 1 is 1.13 bits per heavy atom. The number of para-hydroxylation sites is 1. The molecule has 2 aliphatic heterocycles. The van der Waals surface area contributed by atoms with Gasteiger partial charge in [-0.3, -0.25) is 0 Å². The molecule has 4 heteroatoms.